The summed E-state index contributed by atoms with van der Waals surface area (Å²) in [5, 5.41) is 3.02. The Balaban J connectivity index is 1.94. The van der Waals surface area contributed by atoms with Gasteiger partial charge in [0.2, 0.25) is 0 Å². The van der Waals surface area contributed by atoms with Crippen molar-refractivity contribution in [3.63, 3.8) is 0 Å². The van der Waals surface area contributed by atoms with Crippen LogP contribution in [0, 0.1) is 0 Å². The molecule has 4 heteroatoms. The summed E-state index contributed by atoms with van der Waals surface area (Å²) in [6, 6.07) is 8.14. The first-order chi connectivity index (χ1) is 9.64. The van der Waals surface area contributed by atoms with Gasteiger partial charge in [-0.15, -0.1) is 0 Å². The number of fused-ring (bicyclic) bond motifs is 1. The molecule has 0 radical (unpaired) electrons. The van der Waals surface area contributed by atoms with Crippen LogP contribution >= 0.6 is 0 Å². The molecule has 1 saturated carbocycles. The van der Waals surface area contributed by atoms with E-state index in [2.05, 4.69) is 17.4 Å². The molecule has 0 heterocycles. The first kappa shape index (κ1) is 14.1. The van der Waals surface area contributed by atoms with Crippen LogP contribution in [0.15, 0.2) is 24.3 Å². The number of sulfone groups is 1. The van der Waals surface area contributed by atoms with Gasteiger partial charge in [-0.3, -0.25) is 0 Å². The molecule has 0 aromatic heterocycles. The Labute approximate surface area is 121 Å². The molecule has 3 rings (SSSR count). The van der Waals surface area contributed by atoms with E-state index in [4.69, 9.17) is 0 Å². The lowest BCUT2D eigenvalue weighted by Gasteiger charge is -2.24. The molecule has 0 saturated heterocycles. The normalized spacial score (nSPS) is 26.9. The van der Waals surface area contributed by atoms with Crippen LogP contribution in [0.4, 0.5) is 0 Å². The average Bonchev–Trinajstić information content (AvgIpc) is 3.07. The molecule has 20 heavy (non-hydrogen) atoms. The van der Waals surface area contributed by atoms with Crippen LogP contribution in [-0.4, -0.2) is 25.5 Å². The SMILES string of the molecule is CCNC1c2ccccc2CC1S(=O)(=O)C1CCCC1. The number of rotatable bonds is 4. The van der Waals surface area contributed by atoms with E-state index >= 15 is 0 Å². The summed E-state index contributed by atoms with van der Waals surface area (Å²) in [6.07, 6.45) is 4.51. The highest BCUT2D eigenvalue weighted by atomic mass is 32.2. The molecule has 0 aliphatic heterocycles. The Morgan fingerprint density at radius 3 is 2.60 bits per heavy atom. The van der Waals surface area contributed by atoms with Gasteiger partial charge in [0.1, 0.15) is 0 Å². The van der Waals surface area contributed by atoms with E-state index in [0.717, 1.165) is 32.2 Å². The summed E-state index contributed by atoms with van der Waals surface area (Å²) in [5.74, 6) is 0. The molecule has 2 aliphatic rings. The Hall–Kier alpha value is -0.870. The molecule has 1 aromatic rings. The zero-order valence-corrected chi connectivity index (χ0v) is 12.8. The molecule has 2 unspecified atom stereocenters. The fraction of sp³-hybridized carbons (Fsp3) is 0.625. The lowest BCUT2D eigenvalue weighted by molar-refractivity contribution is 0.508. The summed E-state index contributed by atoms with van der Waals surface area (Å²) in [7, 11) is -3.04. The quantitative estimate of drug-likeness (QED) is 0.928. The van der Waals surface area contributed by atoms with E-state index in [1.807, 2.05) is 19.1 Å². The van der Waals surface area contributed by atoms with E-state index in [1.54, 1.807) is 0 Å². The Morgan fingerprint density at radius 2 is 1.90 bits per heavy atom. The van der Waals surface area contributed by atoms with Gasteiger partial charge < -0.3 is 5.32 Å². The highest BCUT2D eigenvalue weighted by Crippen LogP contribution is 2.39. The lowest BCUT2D eigenvalue weighted by Crippen LogP contribution is -2.39. The van der Waals surface area contributed by atoms with Crippen molar-refractivity contribution in [1.29, 1.82) is 0 Å². The van der Waals surface area contributed by atoms with Crippen LogP contribution in [0.3, 0.4) is 0 Å². The molecular weight excluding hydrogens is 270 g/mol. The van der Waals surface area contributed by atoms with Crippen molar-refractivity contribution in [3.05, 3.63) is 35.4 Å². The average molecular weight is 293 g/mol. The highest BCUT2D eigenvalue weighted by molar-refractivity contribution is 7.92. The van der Waals surface area contributed by atoms with Gasteiger partial charge in [0.05, 0.1) is 10.5 Å². The van der Waals surface area contributed by atoms with E-state index in [9.17, 15) is 8.42 Å². The second kappa shape index (κ2) is 5.49. The topological polar surface area (TPSA) is 46.2 Å². The largest absolute Gasteiger partial charge is 0.309 e. The van der Waals surface area contributed by atoms with Gasteiger partial charge in [-0.1, -0.05) is 44.0 Å². The lowest BCUT2D eigenvalue weighted by atomic mass is 10.1. The summed E-state index contributed by atoms with van der Waals surface area (Å²) >= 11 is 0. The molecule has 0 bridgehead atoms. The molecular formula is C16H23NO2S. The highest BCUT2D eigenvalue weighted by Gasteiger charge is 2.44. The summed E-state index contributed by atoms with van der Waals surface area (Å²) in [4.78, 5) is 0. The molecule has 0 amide bonds. The van der Waals surface area contributed by atoms with E-state index in [0.29, 0.717) is 6.42 Å². The Kier molecular flexibility index (Phi) is 3.87. The van der Waals surface area contributed by atoms with Crippen molar-refractivity contribution in [2.45, 2.75) is 55.6 Å². The third-order valence-electron chi connectivity index (χ3n) is 4.80. The van der Waals surface area contributed by atoms with Crippen LogP contribution < -0.4 is 5.32 Å². The van der Waals surface area contributed by atoms with Gasteiger partial charge in [-0.05, 0) is 36.9 Å². The standard InChI is InChI=1S/C16H23NO2S/c1-2-17-16-14-10-6-3-7-12(14)11-15(16)20(18,19)13-8-4-5-9-13/h3,6-7,10,13,15-17H,2,4-5,8-9,11H2,1H3. The number of benzene rings is 1. The number of nitrogens with one attached hydrogen (secondary N) is 1. The van der Waals surface area contributed by atoms with Crippen LogP contribution in [0.2, 0.25) is 0 Å². The third-order valence-corrected chi connectivity index (χ3v) is 7.48. The predicted octanol–water partition coefficient (Wildman–Crippen LogP) is 2.62. The van der Waals surface area contributed by atoms with Gasteiger partial charge in [0.25, 0.3) is 0 Å². The second-order valence-electron chi connectivity index (χ2n) is 5.97. The molecule has 110 valence electrons. The first-order valence-corrected chi connectivity index (χ1v) is 9.29. The smallest absolute Gasteiger partial charge is 0.158 e. The maximum Gasteiger partial charge on any atom is 0.158 e. The maximum atomic E-state index is 12.9. The molecule has 1 N–H and O–H groups in total. The van der Waals surface area contributed by atoms with Gasteiger partial charge >= 0.3 is 0 Å². The zero-order valence-electron chi connectivity index (χ0n) is 12.0. The maximum absolute atomic E-state index is 12.9. The Morgan fingerprint density at radius 1 is 1.20 bits per heavy atom. The van der Waals surface area contributed by atoms with E-state index < -0.39 is 9.84 Å². The molecule has 2 atom stereocenters. The minimum Gasteiger partial charge on any atom is -0.309 e. The van der Waals surface area contributed by atoms with Crippen molar-refractivity contribution >= 4 is 9.84 Å². The second-order valence-corrected chi connectivity index (χ2v) is 8.42. The van der Waals surface area contributed by atoms with Gasteiger partial charge in [-0.2, -0.15) is 0 Å². The van der Waals surface area contributed by atoms with Crippen molar-refractivity contribution in [3.8, 4) is 0 Å². The third kappa shape index (κ3) is 2.29. The molecule has 1 aromatic carbocycles. The van der Waals surface area contributed by atoms with Crippen LogP contribution in [0.25, 0.3) is 0 Å². The monoisotopic (exact) mass is 293 g/mol. The fourth-order valence-corrected chi connectivity index (χ4v) is 6.31. The van der Waals surface area contributed by atoms with E-state index in [1.165, 1.54) is 11.1 Å². The van der Waals surface area contributed by atoms with Gasteiger partial charge in [0.15, 0.2) is 9.84 Å². The van der Waals surface area contributed by atoms with Crippen molar-refractivity contribution in [2.24, 2.45) is 0 Å². The fourth-order valence-electron chi connectivity index (χ4n) is 3.79. The number of hydrogen-bond donors (Lipinski definition) is 1. The van der Waals surface area contributed by atoms with Gasteiger partial charge in [-0.25, -0.2) is 8.42 Å². The van der Waals surface area contributed by atoms with Crippen LogP contribution in [0.1, 0.15) is 49.8 Å². The zero-order chi connectivity index (χ0) is 14.2. The summed E-state index contributed by atoms with van der Waals surface area (Å²) in [5.41, 5.74) is 2.38. The van der Waals surface area contributed by atoms with Crippen molar-refractivity contribution in [1.82, 2.24) is 5.32 Å². The van der Waals surface area contributed by atoms with Crippen molar-refractivity contribution < 1.29 is 8.42 Å². The molecule has 2 aliphatic carbocycles. The summed E-state index contributed by atoms with van der Waals surface area (Å²) < 4.78 is 25.9. The Bertz CT molecular complexity index is 576. The molecule has 3 nitrogen and oxygen atoms in total. The molecule has 1 fully saturated rings. The van der Waals surface area contributed by atoms with Crippen LogP contribution in [-0.2, 0) is 16.3 Å². The number of hydrogen-bond acceptors (Lipinski definition) is 3. The van der Waals surface area contributed by atoms with Crippen molar-refractivity contribution in [2.75, 3.05) is 6.54 Å². The van der Waals surface area contributed by atoms with Crippen LogP contribution in [0.5, 0.6) is 0 Å². The van der Waals surface area contributed by atoms with E-state index in [-0.39, 0.29) is 16.5 Å². The minimum atomic E-state index is -3.04. The predicted molar refractivity (Wildman–Crippen MR) is 81.5 cm³/mol. The van der Waals surface area contributed by atoms with Gasteiger partial charge in [0, 0.05) is 6.04 Å². The molecule has 0 spiro atoms. The first-order valence-electron chi connectivity index (χ1n) is 7.68. The summed E-state index contributed by atoms with van der Waals surface area (Å²) in [6.45, 7) is 2.84. The minimum absolute atomic E-state index is 0.0261.